The lowest BCUT2D eigenvalue weighted by molar-refractivity contribution is 0.141. The molecule has 0 aromatic heterocycles. The third kappa shape index (κ3) is 2.53. The minimum absolute atomic E-state index is 0.147. The molecule has 1 aromatic carbocycles. The molecule has 2 aliphatic rings. The largest absolute Gasteiger partial charge is 0.316 e. The van der Waals surface area contributed by atoms with Crippen LogP contribution in [0.5, 0.6) is 0 Å². The Morgan fingerprint density at radius 1 is 1.33 bits per heavy atom. The molecule has 0 aliphatic carbocycles. The highest BCUT2D eigenvalue weighted by Gasteiger charge is 2.32. The van der Waals surface area contributed by atoms with E-state index in [9.17, 15) is 4.39 Å². The summed E-state index contributed by atoms with van der Waals surface area (Å²) in [6.45, 7) is 5.08. The average Bonchev–Trinajstić information content (AvgIpc) is 2.81. The van der Waals surface area contributed by atoms with E-state index in [0.29, 0.717) is 17.1 Å². The quantitative estimate of drug-likeness (QED) is 0.887. The summed E-state index contributed by atoms with van der Waals surface area (Å²) in [5.41, 5.74) is 0.715. The molecule has 1 aromatic rings. The molecule has 2 atom stereocenters. The van der Waals surface area contributed by atoms with Gasteiger partial charge in [0.1, 0.15) is 5.82 Å². The number of hydrogen-bond donors (Lipinski definition) is 1. The summed E-state index contributed by atoms with van der Waals surface area (Å²) in [6.07, 6.45) is 1.22. The van der Waals surface area contributed by atoms with Gasteiger partial charge in [-0.25, -0.2) is 4.39 Å². The van der Waals surface area contributed by atoms with Crippen molar-refractivity contribution in [2.45, 2.75) is 13.0 Å². The van der Waals surface area contributed by atoms with Gasteiger partial charge in [-0.15, -0.1) is 0 Å². The van der Waals surface area contributed by atoms with E-state index in [1.54, 1.807) is 12.1 Å². The van der Waals surface area contributed by atoms with Gasteiger partial charge in [0, 0.05) is 23.7 Å². The van der Waals surface area contributed by atoms with Crippen LogP contribution in [0.25, 0.3) is 0 Å². The van der Waals surface area contributed by atoms with E-state index in [-0.39, 0.29) is 5.82 Å². The first-order chi connectivity index (χ1) is 8.72. The van der Waals surface area contributed by atoms with Gasteiger partial charge in [-0.3, -0.25) is 4.90 Å². The summed E-state index contributed by atoms with van der Waals surface area (Å²) < 4.78 is 13.7. The van der Waals surface area contributed by atoms with Crippen molar-refractivity contribution in [1.82, 2.24) is 10.2 Å². The van der Waals surface area contributed by atoms with Gasteiger partial charge in [0.25, 0.3) is 0 Å². The number of likely N-dealkylation sites (tertiary alicyclic amines) is 1. The van der Waals surface area contributed by atoms with E-state index in [0.717, 1.165) is 38.0 Å². The summed E-state index contributed by atoms with van der Waals surface area (Å²) in [4.78, 5) is 2.35. The Labute approximate surface area is 112 Å². The van der Waals surface area contributed by atoms with Crippen molar-refractivity contribution in [2.75, 3.05) is 26.2 Å². The topological polar surface area (TPSA) is 15.3 Å². The number of benzene rings is 1. The Bertz CT molecular complexity index is 438. The molecule has 2 nitrogen and oxygen atoms in total. The Balaban J connectivity index is 1.67. The van der Waals surface area contributed by atoms with Crippen molar-refractivity contribution in [3.8, 4) is 0 Å². The predicted octanol–water partition coefficient (Wildman–Crippen LogP) is 2.52. The number of hydrogen-bond acceptors (Lipinski definition) is 2. The van der Waals surface area contributed by atoms with Gasteiger partial charge in [0.05, 0.1) is 0 Å². The molecule has 2 aliphatic heterocycles. The van der Waals surface area contributed by atoms with Crippen LogP contribution < -0.4 is 5.32 Å². The van der Waals surface area contributed by atoms with E-state index in [1.165, 1.54) is 12.5 Å². The zero-order valence-electron chi connectivity index (χ0n) is 10.3. The number of rotatable bonds is 2. The summed E-state index contributed by atoms with van der Waals surface area (Å²) in [7, 11) is 0. The van der Waals surface area contributed by atoms with Crippen molar-refractivity contribution < 1.29 is 4.39 Å². The van der Waals surface area contributed by atoms with Crippen molar-refractivity contribution in [3.63, 3.8) is 0 Å². The van der Waals surface area contributed by atoms with E-state index in [1.807, 2.05) is 0 Å². The van der Waals surface area contributed by atoms with Gasteiger partial charge < -0.3 is 5.32 Å². The van der Waals surface area contributed by atoms with Gasteiger partial charge >= 0.3 is 0 Å². The third-order valence-corrected chi connectivity index (χ3v) is 4.43. The molecular weight excluding hydrogens is 251 g/mol. The van der Waals surface area contributed by atoms with Crippen LogP contribution in [0.1, 0.15) is 12.0 Å². The average molecular weight is 269 g/mol. The molecule has 2 heterocycles. The summed E-state index contributed by atoms with van der Waals surface area (Å²) in [5, 5.41) is 4.06. The second kappa shape index (κ2) is 5.16. The molecule has 2 saturated heterocycles. The second-order valence-corrected chi connectivity index (χ2v) is 5.87. The maximum Gasteiger partial charge on any atom is 0.127 e. The van der Waals surface area contributed by atoms with Crippen molar-refractivity contribution >= 4 is 11.6 Å². The van der Waals surface area contributed by atoms with Gasteiger partial charge in [0.2, 0.25) is 0 Å². The Morgan fingerprint density at radius 2 is 2.17 bits per heavy atom. The Morgan fingerprint density at radius 3 is 3.06 bits per heavy atom. The molecule has 0 radical (unpaired) electrons. The summed E-state index contributed by atoms with van der Waals surface area (Å²) >= 11 is 5.93. The first kappa shape index (κ1) is 12.4. The molecule has 0 amide bonds. The Kier molecular flexibility index (Phi) is 3.55. The minimum Gasteiger partial charge on any atom is -0.316 e. The lowest BCUT2D eigenvalue weighted by Gasteiger charge is -2.34. The normalized spacial score (nSPS) is 28.3. The van der Waals surface area contributed by atoms with Crippen LogP contribution >= 0.6 is 11.6 Å². The molecule has 2 fully saturated rings. The molecule has 0 saturated carbocycles. The molecule has 4 heteroatoms. The number of nitrogens with one attached hydrogen (secondary N) is 1. The predicted molar refractivity (Wildman–Crippen MR) is 71.2 cm³/mol. The maximum atomic E-state index is 13.7. The van der Waals surface area contributed by atoms with Gasteiger partial charge in [-0.1, -0.05) is 11.6 Å². The number of fused-ring (bicyclic) bond motifs is 1. The van der Waals surface area contributed by atoms with E-state index in [4.69, 9.17) is 11.6 Å². The van der Waals surface area contributed by atoms with Crippen LogP contribution in [0.4, 0.5) is 4.39 Å². The lowest BCUT2D eigenvalue weighted by atomic mass is 9.88. The Hall–Kier alpha value is -0.640. The molecule has 1 N–H and O–H groups in total. The fourth-order valence-electron chi connectivity index (χ4n) is 3.16. The van der Waals surface area contributed by atoms with Gasteiger partial charge in [0.15, 0.2) is 0 Å². The van der Waals surface area contributed by atoms with Crippen LogP contribution in [-0.4, -0.2) is 31.1 Å². The molecule has 18 heavy (non-hydrogen) atoms. The number of nitrogens with zero attached hydrogens (tertiary/aromatic N) is 1. The van der Waals surface area contributed by atoms with Crippen LogP contribution in [0.3, 0.4) is 0 Å². The fourth-order valence-corrected chi connectivity index (χ4v) is 3.35. The molecule has 0 bridgehead atoms. The minimum atomic E-state index is -0.147. The summed E-state index contributed by atoms with van der Waals surface area (Å²) in [6, 6.07) is 4.81. The van der Waals surface area contributed by atoms with Gasteiger partial charge in [-0.05, 0) is 56.1 Å². The molecule has 3 rings (SSSR count). The number of piperidine rings is 1. The van der Waals surface area contributed by atoms with Crippen LogP contribution in [0.2, 0.25) is 5.02 Å². The van der Waals surface area contributed by atoms with Crippen LogP contribution in [-0.2, 0) is 6.54 Å². The summed E-state index contributed by atoms with van der Waals surface area (Å²) in [5.74, 6) is 1.41. The first-order valence-electron chi connectivity index (χ1n) is 6.59. The van der Waals surface area contributed by atoms with Crippen molar-refractivity contribution in [2.24, 2.45) is 11.8 Å². The lowest BCUT2D eigenvalue weighted by Crippen LogP contribution is -2.39. The van der Waals surface area contributed by atoms with Crippen molar-refractivity contribution in [3.05, 3.63) is 34.6 Å². The molecule has 98 valence electrons. The smallest absolute Gasteiger partial charge is 0.127 e. The first-order valence-corrected chi connectivity index (χ1v) is 6.97. The molecule has 2 unspecified atom stereocenters. The standard InChI is InChI=1S/C14H18ClFN2/c15-13-1-2-14(16)11(5-13)8-18-4-3-10-6-17-7-12(10)9-18/h1-2,5,10,12,17H,3-4,6-9H2. The molecular formula is C14H18ClFN2. The van der Waals surface area contributed by atoms with Crippen LogP contribution in [0, 0.1) is 17.7 Å². The highest BCUT2D eigenvalue weighted by Crippen LogP contribution is 2.28. The monoisotopic (exact) mass is 268 g/mol. The van der Waals surface area contributed by atoms with E-state index >= 15 is 0 Å². The maximum absolute atomic E-state index is 13.7. The SMILES string of the molecule is Fc1ccc(Cl)cc1CN1CCC2CNCC2C1. The zero-order chi connectivity index (χ0) is 12.5. The van der Waals surface area contributed by atoms with Crippen LogP contribution in [0.15, 0.2) is 18.2 Å². The number of halogens is 2. The second-order valence-electron chi connectivity index (χ2n) is 5.44. The third-order valence-electron chi connectivity index (χ3n) is 4.19. The fraction of sp³-hybridized carbons (Fsp3) is 0.571. The van der Waals surface area contributed by atoms with E-state index < -0.39 is 0 Å². The highest BCUT2D eigenvalue weighted by molar-refractivity contribution is 6.30. The van der Waals surface area contributed by atoms with Gasteiger partial charge in [-0.2, -0.15) is 0 Å². The highest BCUT2D eigenvalue weighted by atomic mass is 35.5. The van der Waals surface area contributed by atoms with E-state index in [2.05, 4.69) is 10.2 Å². The molecule has 0 spiro atoms. The van der Waals surface area contributed by atoms with Crippen molar-refractivity contribution in [1.29, 1.82) is 0 Å². The zero-order valence-corrected chi connectivity index (χ0v) is 11.1.